The van der Waals surface area contributed by atoms with Gasteiger partial charge in [0.15, 0.2) is 18.1 Å². The van der Waals surface area contributed by atoms with E-state index < -0.39 is 15.9 Å². The number of rotatable bonds is 5. The summed E-state index contributed by atoms with van der Waals surface area (Å²) in [7, 11) is -3.84. The van der Waals surface area contributed by atoms with Gasteiger partial charge >= 0.3 is 0 Å². The number of sulfonamides is 1. The molecule has 2 aromatic rings. The summed E-state index contributed by atoms with van der Waals surface area (Å²) in [6, 6.07) is 9.84. The van der Waals surface area contributed by atoms with Crippen molar-refractivity contribution in [2.75, 3.05) is 31.8 Å². The highest BCUT2D eigenvalue weighted by Gasteiger charge is 2.34. The van der Waals surface area contributed by atoms with E-state index in [9.17, 15) is 18.0 Å². The Labute approximate surface area is 190 Å². The summed E-state index contributed by atoms with van der Waals surface area (Å²) in [5, 5.41) is 5.52. The summed E-state index contributed by atoms with van der Waals surface area (Å²) < 4.78 is 43.7. The van der Waals surface area contributed by atoms with Crippen molar-refractivity contribution < 1.29 is 32.2 Å². The number of benzene rings is 2. The maximum atomic E-state index is 13.2. The fourth-order valence-corrected chi connectivity index (χ4v) is 5.68. The van der Waals surface area contributed by atoms with Gasteiger partial charge in [-0.2, -0.15) is 4.31 Å². The zero-order valence-electron chi connectivity index (χ0n) is 17.7. The van der Waals surface area contributed by atoms with Gasteiger partial charge in [0, 0.05) is 19.6 Å². The first kappa shape index (κ1) is 21.5. The Bertz CT molecular complexity index is 1210. The summed E-state index contributed by atoms with van der Waals surface area (Å²) in [5.74, 6) is 0.749. The highest BCUT2D eigenvalue weighted by Crippen LogP contribution is 2.33. The number of anilines is 1. The number of nitrogens with one attached hydrogen (secondary N) is 2. The van der Waals surface area contributed by atoms with Gasteiger partial charge in [0.1, 0.15) is 5.75 Å². The number of piperidine rings is 1. The Hall–Kier alpha value is -3.31. The number of nitrogens with zero attached hydrogens (tertiary/aromatic N) is 1. The highest BCUT2D eigenvalue weighted by molar-refractivity contribution is 7.89. The Morgan fingerprint density at radius 1 is 1.09 bits per heavy atom. The van der Waals surface area contributed by atoms with Crippen LogP contribution < -0.4 is 24.8 Å². The fourth-order valence-electron chi connectivity index (χ4n) is 4.13. The van der Waals surface area contributed by atoms with Crippen LogP contribution in [0.25, 0.3) is 0 Å². The monoisotopic (exact) mass is 473 g/mol. The lowest BCUT2D eigenvalue weighted by Gasteiger charge is -2.31. The van der Waals surface area contributed by atoms with E-state index in [0.717, 1.165) is 5.56 Å². The van der Waals surface area contributed by atoms with E-state index in [0.29, 0.717) is 48.9 Å². The van der Waals surface area contributed by atoms with Gasteiger partial charge in [-0.3, -0.25) is 9.59 Å². The van der Waals surface area contributed by atoms with Gasteiger partial charge in [0.2, 0.25) is 22.7 Å². The molecule has 5 rings (SSSR count). The van der Waals surface area contributed by atoms with Crippen LogP contribution in [0.2, 0.25) is 0 Å². The third-order valence-electron chi connectivity index (χ3n) is 5.88. The van der Waals surface area contributed by atoms with Crippen LogP contribution in [0.1, 0.15) is 18.4 Å². The number of ether oxygens (including phenoxy) is 3. The Morgan fingerprint density at radius 2 is 1.91 bits per heavy atom. The molecule has 0 spiro atoms. The minimum absolute atomic E-state index is 0.0495. The zero-order chi connectivity index (χ0) is 23.0. The standard InChI is InChI=1S/C22H23N3O7S/c26-21-12-30-18-6-4-16(9-17(18)24-21)33(28,29)25-7-1-2-15(11-25)22(27)23-10-14-3-5-19-20(8-14)32-13-31-19/h3-6,8-9,15H,1-2,7,10-13H2,(H,23,27)(H,24,26)/t15-/m1/s1. The summed E-state index contributed by atoms with van der Waals surface area (Å²) in [5.41, 5.74) is 1.19. The normalized spacial score (nSPS) is 19.9. The Kier molecular flexibility index (Phi) is 5.59. The second-order valence-corrected chi connectivity index (χ2v) is 10.0. The van der Waals surface area contributed by atoms with Gasteiger partial charge in [-0.1, -0.05) is 6.07 Å². The highest BCUT2D eigenvalue weighted by atomic mass is 32.2. The van der Waals surface area contributed by atoms with Crippen LogP contribution in [0, 0.1) is 5.92 Å². The molecule has 1 fully saturated rings. The molecule has 0 unspecified atom stereocenters. The minimum atomic E-state index is -3.84. The average molecular weight is 474 g/mol. The number of hydrogen-bond acceptors (Lipinski definition) is 7. The van der Waals surface area contributed by atoms with Crippen molar-refractivity contribution >= 4 is 27.5 Å². The van der Waals surface area contributed by atoms with Crippen LogP contribution in [0.3, 0.4) is 0 Å². The van der Waals surface area contributed by atoms with Gasteiger partial charge in [-0.15, -0.1) is 0 Å². The predicted molar refractivity (Wildman–Crippen MR) is 116 cm³/mol. The van der Waals surface area contributed by atoms with Crippen LogP contribution in [0.15, 0.2) is 41.3 Å². The molecule has 2 N–H and O–H groups in total. The average Bonchev–Trinajstić information content (AvgIpc) is 3.30. The second kappa shape index (κ2) is 8.56. The van der Waals surface area contributed by atoms with Gasteiger partial charge < -0.3 is 24.8 Å². The van der Waals surface area contributed by atoms with Crippen molar-refractivity contribution in [3.8, 4) is 17.2 Å². The molecule has 2 amide bonds. The molecule has 11 heteroatoms. The number of amides is 2. The number of fused-ring (bicyclic) bond motifs is 2. The van der Waals surface area contributed by atoms with Crippen LogP contribution in [-0.4, -0.2) is 51.0 Å². The van der Waals surface area contributed by atoms with Crippen molar-refractivity contribution in [1.29, 1.82) is 0 Å². The lowest BCUT2D eigenvalue weighted by molar-refractivity contribution is -0.126. The summed E-state index contributed by atoms with van der Waals surface area (Å²) in [6.07, 6.45) is 1.18. The van der Waals surface area contributed by atoms with Crippen molar-refractivity contribution in [2.24, 2.45) is 5.92 Å². The molecule has 3 aliphatic rings. The molecular formula is C22H23N3O7S. The molecule has 10 nitrogen and oxygen atoms in total. The topological polar surface area (TPSA) is 123 Å². The third-order valence-corrected chi connectivity index (χ3v) is 7.74. The molecule has 174 valence electrons. The maximum absolute atomic E-state index is 13.2. The van der Waals surface area contributed by atoms with Crippen LogP contribution in [0.4, 0.5) is 5.69 Å². The van der Waals surface area contributed by atoms with E-state index in [2.05, 4.69) is 10.6 Å². The zero-order valence-corrected chi connectivity index (χ0v) is 18.5. The molecule has 0 aliphatic carbocycles. The first-order valence-corrected chi connectivity index (χ1v) is 12.1. The lowest BCUT2D eigenvalue weighted by Crippen LogP contribution is -2.45. The van der Waals surface area contributed by atoms with Gasteiger partial charge in [0.05, 0.1) is 16.5 Å². The van der Waals surface area contributed by atoms with Crippen LogP contribution in [-0.2, 0) is 26.2 Å². The number of carbonyl (C=O) groups is 2. The maximum Gasteiger partial charge on any atom is 0.262 e. The van der Waals surface area contributed by atoms with E-state index in [1.807, 2.05) is 12.1 Å². The van der Waals surface area contributed by atoms with E-state index in [1.165, 1.54) is 22.5 Å². The molecule has 3 aliphatic heterocycles. The molecule has 0 saturated carbocycles. The first-order chi connectivity index (χ1) is 15.9. The third kappa shape index (κ3) is 4.33. The SMILES string of the molecule is O=C1COc2ccc(S(=O)(=O)N3CCC[C@@H](C(=O)NCc4ccc5c(c4)OCO5)C3)cc2N1. The van der Waals surface area contributed by atoms with Gasteiger partial charge in [-0.25, -0.2) is 8.42 Å². The van der Waals surface area contributed by atoms with E-state index >= 15 is 0 Å². The van der Waals surface area contributed by atoms with Crippen molar-refractivity contribution in [1.82, 2.24) is 9.62 Å². The van der Waals surface area contributed by atoms with Crippen molar-refractivity contribution in [3.05, 3.63) is 42.0 Å². The summed E-state index contributed by atoms with van der Waals surface area (Å²) in [4.78, 5) is 24.4. The van der Waals surface area contributed by atoms with Gasteiger partial charge in [0.25, 0.3) is 5.91 Å². The Morgan fingerprint density at radius 3 is 2.79 bits per heavy atom. The van der Waals surface area contributed by atoms with Crippen molar-refractivity contribution in [2.45, 2.75) is 24.3 Å². The largest absolute Gasteiger partial charge is 0.482 e. The number of carbonyl (C=O) groups excluding carboxylic acids is 2. The smallest absolute Gasteiger partial charge is 0.262 e. The molecule has 0 radical (unpaired) electrons. The van der Waals surface area contributed by atoms with E-state index in [-0.39, 0.29) is 36.7 Å². The molecular weight excluding hydrogens is 450 g/mol. The molecule has 3 heterocycles. The molecule has 1 atom stereocenters. The van der Waals surface area contributed by atoms with Gasteiger partial charge in [-0.05, 0) is 48.7 Å². The summed E-state index contributed by atoms with van der Waals surface area (Å²) >= 11 is 0. The molecule has 1 saturated heterocycles. The fraction of sp³-hybridized carbons (Fsp3) is 0.364. The second-order valence-electron chi connectivity index (χ2n) is 8.10. The van der Waals surface area contributed by atoms with Crippen LogP contribution in [0.5, 0.6) is 17.2 Å². The quantitative estimate of drug-likeness (QED) is 0.674. The first-order valence-electron chi connectivity index (χ1n) is 10.6. The molecule has 0 aromatic heterocycles. The molecule has 33 heavy (non-hydrogen) atoms. The van der Waals surface area contributed by atoms with Crippen LogP contribution >= 0.6 is 0 Å². The summed E-state index contributed by atoms with van der Waals surface area (Å²) in [6.45, 7) is 0.808. The number of hydrogen-bond donors (Lipinski definition) is 2. The predicted octanol–water partition coefficient (Wildman–Crippen LogP) is 1.46. The lowest BCUT2D eigenvalue weighted by atomic mass is 9.98. The molecule has 0 bridgehead atoms. The van der Waals surface area contributed by atoms with E-state index in [4.69, 9.17) is 14.2 Å². The van der Waals surface area contributed by atoms with E-state index in [1.54, 1.807) is 6.07 Å². The minimum Gasteiger partial charge on any atom is -0.482 e. The molecule has 2 aromatic carbocycles. The van der Waals surface area contributed by atoms with Crippen molar-refractivity contribution in [3.63, 3.8) is 0 Å². The Balaban J connectivity index is 1.24.